The summed E-state index contributed by atoms with van der Waals surface area (Å²) in [7, 11) is 0. The van der Waals surface area contributed by atoms with Crippen molar-refractivity contribution in [3.05, 3.63) is 33.9 Å². The molecule has 1 aromatic carbocycles. The first kappa shape index (κ1) is 9.48. The molecule has 14 heavy (non-hydrogen) atoms. The zero-order chi connectivity index (χ0) is 10.1. The topological polar surface area (TPSA) is 53.0 Å². The molecule has 0 aliphatic carbocycles. The van der Waals surface area contributed by atoms with Crippen molar-refractivity contribution in [2.24, 2.45) is 0 Å². The Morgan fingerprint density at radius 1 is 1.36 bits per heavy atom. The van der Waals surface area contributed by atoms with Gasteiger partial charge in [-0.05, 0) is 16.8 Å². The largest absolute Gasteiger partial charge is 0.538 e. The Labute approximate surface area is 92.8 Å². The SMILES string of the molecule is [O-]c1on[n+](-c2ccc(Cl)cc2)c1Br. The molecule has 0 atom stereocenters. The quantitative estimate of drug-likeness (QED) is 0.740. The van der Waals surface area contributed by atoms with Crippen LogP contribution in [0.4, 0.5) is 0 Å². The molecule has 1 heterocycles. The summed E-state index contributed by atoms with van der Waals surface area (Å²) in [5, 5.41) is 15.1. The van der Waals surface area contributed by atoms with Crippen molar-refractivity contribution in [2.75, 3.05) is 0 Å². The molecule has 0 saturated carbocycles. The lowest BCUT2D eigenvalue weighted by Crippen LogP contribution is -2.33. The maximum absolute atomic E-state index is 11.0. The molecule has 0 aliphatic heterocycles. The number of nitrogens with zero attached hydrogens (tertiary/aromatic N) is 2. The molecule has 2 rings (SSSR count). The number of halogens is 2. The van der Waals surface area contributed by atoms with Crippen LogP contribution in [0.25, 0.3) is 5.69 Å². The second-order valence-corrected chi connectivity index (χ2v) is 3.73. The van der Waals surface area contributed by atoms with E-state index in [0.29, 0.717) is 10.7 Å². The Kier molecular flexibility index (Phi) is 2.43. The number of aromatic nitrogens is 2. The van der Waals surface area contributed by atoms with Crippen molar-refractivity contribution in [3.8, 4) is 11.6 Å². The van der Waals surface area contributed by atoms with E-state index in [0.717, 1.165) is 0 Å². The summed E-state index contributed by atoms with van der Waals surface area (Å²) in [6.07, 6.45) is 0. The van der Waals surface area contributed by atoms with Gasteiger partial charge in [0.2, 0.25) is 5.69 Å². The fourth-order valence-electron chi connectivity index (χ4n) is 0.981. The third kappa shape index (κ3) is 1.60. The molecule has 1 aromatic heterocycles. The Morgan fingerprint density at radius 3 is 2.50 bits per heavy atom. The highest BCUT2D eigenvalue weighted by molar-refractivity contribution is 9.10. The average molecular weight is 275 g/mol. The van der Waals surface area contributed by atoms with Gasteiger partial charge in [-0.3, -0.25) is 0 Å². The van der Waals surface area contributed by atoms with Gasteiger partial charge in [0.05, 0.1) is 5.27 Å². The fraction of sp³-hybridized carbons (Fsp3) is 0. The van der Waals surface area contributed by atoms with E-state index in [2.05, 4.69) is 25.7 Å². The monoisotopic (exact) mass is 274 g/mol. The second kappa shape index (κ2) is 3.59. The normalized spacial score (nSPS) is 10.4. The first-order valence-electron chi connectivity index (χ1n) is 3.69. The van der Waals surface area contributed by atoms with Gasteiger partial charge in [-0.15, -0.1) is 0 Å². The summed E-state index contributed by atoms with van der Waals surface area (Å²) in [6.45, 7) is 0. The standard InChI is InChI=1S/C8H4BrClN2O2/c9-7-8(13)14-11-12(7)6-3-1-5(10)2-4-6/h1-4H. The fourth-order valence-corrected chi connectivity index (χ4v) is 1.45. The van der Waals surface area contributed by atoms with Crippen LogP contribution in [0.15, 0.2) is 33.4 Å². The minimum Gasteiger partial charge on any atom is -0.538 e. The summed E-state index contributed by atoms with van der Waals surface area (Å²) in [4.78, 5) is 0. The molecular weight excluding hydrogens is 271 g/mol. The van der Waals surface area contributed by atoms with E-state index in [1.807, 2.05) is 0 Å². The molecule has 0 bridgehead atoms. The molecule has 0 radical (unpaired) electrons. The minimum absolute atomic E-state index is 0.250. The summed E-state index contributed by atoms with van der Waals surface area (Å²) in [5.74, 6) is -0.514. The van der Waals surface area contributed by atoms with Crippen LogP contribution in [0.2, 0.25) is 5.02 Å². The first-order chi connectivity index (χ1) is 6.68. The van der Waals surface area contributed by atoms with E-state index in [9.17, 15) is 5.11 Å². The molecule has 0 N–H and O–H groups in total. The lowest BCUT2D eigenvalue weighted by atomic mass is 10.3. The molecule has 72 valence electrons. The van der Waals surface area contributed by atoms with E-state index < -0.39 is 5.95 Å². The molecular formula is C8H4BrClN2O2. The Balaban J connectivity index is 2.49. The lowest BCUT2D eigenvalue weighted by molar-refractivity contribution is -0.680. The van der Waals surface area contributed by atoms with Gasteiger partial charge in [-0.1, -0.05) is 11.6 Å². The highest BCUT2D eigenvalue weighted by atomic mass is 79.9. The minimum atomic E-state index is -0.514. The molecule has 0 spiro atoms. The highest BCUT2D eigenvalue weighted by Crippen LogP contribution is 2.17. The van der Waals surface area contributed by atoms with Gasteiger partial charge in [0.1, 0.15) is 0 Å². The maximum atomic E-state index is 11.0. The molecule has 0 aliphatic rings. The summed E-state index contributed by atoms with van der Waals surface area (Å²) >= 11 is 8.78. The molecule has 4 nitrogen and oxygen atoms in total. The third-order valence-electron chi connectivity index (χ3n) is 1.63. The average Bonchev–Trinajstić information content (AvgIpc) is 2.50. The Morgan fingerprint density at radius 2 is 2.00 bits per heavy atom. The van der Waals surface area contributed by atoms with Gasteiger partial charge < -0.3 is 9.63 Å². The molecule has 0 amide bonds. The van der Waals surface area contributed by atoms with Crippen molar-refractivity contribution >= 4 is 27.5 Å². The molecule has 2 aromatic rings. The zero-order valence-corrected chi connectivity index (χ0v) is 9.12. The predicted octanol–water partition coefficient (Wildman–Crippen LogP) is 1.44. The van der Waals surface area contributed by atoms with E-state index in [1.165, 1.54) is 4.68 Å². The second-order valence-electron chi connectivity index (χ2n) is 2.54. The van der Waals surface area contributed by atoms with Gasteiger partial charge in [0.25, 0.3) is 0 Å². The predicted molar refractivity (Wildman–Crippen MR) is 50.2 cm³/mol. The third-order valence-corrected chi connectivity index (χ3v) is 2.54. The van der Waals surface area contributed by atoms with Crippen molar-refractivity contribution in [2.45, 2.75) is 0 Å². The van der Waals surface area contributed by atoms with E-state index in [-0.39, 0.29) is 4.60 Å². The van der Waals surface area contributed by atoms with Crippen LogP contribution in [0.1, 0.15) is 0 Å². The smallest absolute Gasteiger partial charge is 0.305 e. The maximum Gasteiger partial charge on any atom is 0.305 e. The summed E-state index contributed by atoms with van der Waals surface area (Å²) in [6, 6.07) is 6.87. The van der Waals surface area contributed by atoms with Crippen LogP contribution in [-0.4, -0.2) is 5.27 Å². The first-order valence-corrected chi connectivity index (χ1v) is 4.86. The van der Waals surface area contributed by atoms with Crippen molar-refractivity contribution in [3.63, 3.8) is 0 Å². The van der Waals surface area contributed by atoms with Crippen LogP contribution >= 0.6 is 27.5 Å². The van der Waals surface area contributed by atoms with Gasteiger partial charge in [-0.2, -0.15) is 0 Å². The van der Waals surface area contributed by atoms with Crippen LogP contribution in [-0.2, 0) is 0 Å². The van der Waals surface area contributed by atoms with E-state index in [1.54, 1.807) is 24.3 Å². The van der Waals surface area contributed by atoms with Gasteiger partial charge in [0, 0.05) is 33.1 Å². The molecule has 0 unspecified atom stereocenters. The summed E-state index contributed by atoms with van der Waals surface area (Å²) < 4.78 is 6.05. The summed E-state index contributed by atoms with van der Waals surface area (Å²) in [5.41, 5.74) is 0.701. The van der Waals surface area contributed by atoms with Crippen LogP contribution in [0.3, 0.4) is 0 Å². The van der Waals surface area contributed by atoms with Crippen molar-refractivity contribution < 1.29 is 14.3 Å². The highest BCUT2D eigenvalue weighted by Gasteiger charge is 2.16. The number of hydrogen-bond acceptors (Lipinski definition) is 3. The van der Waals surface area contributed by atoms with Crippen molar-refractivity contribution in [1.82, 2.24) is 5.27 Å². The van der Waals surface area contributed by atoms with Crippen molar-refractivity contribution in [1.29, 1.82) is 0 Å². The van der Waals surface area contributed by atoms with Gasteiger partial charge in [0.15, 0.2) is 5.95 Å². The van der Waals surface area contributed by atoms with E-state index in [4.69, 9.17) is 11.6 Å². The van der Waals surface area contributed by atoms with E-state index >= 15 is 0 Å². The number of benzene rings is 1. The molecule has 6 heteroatoms. The number of hydrogen-bond donors (Lipinski definition) is 0. The zero-order valence-electron chi connectivity index (χ0n) is 6.78. The van der Waals surface area contributed by atoms with Crippen LogP contribution in [0.5, 0.6) is 5.95 Å². The lowest BCUT2D eigenvalue weighted by Gasteiger charge is -1.90. The van der Waals surface area contributed by atoms with Crippen LogP contribution in [0, 0.1) is 0 Å². The van der Waals surface area contributed by atoms with Gasteiger partial charge in [-0.25, -0.2) is 0 Å². The van der Waals surface area contributed by atoms with Gasteiger partial charge >= 0.3 is 4.60 Å². The van der Waals surface area contributed by atoms with Crippen LogP contribution < -0.4 is 9.79 Å². The number of rotatable bonds is 1. The molecule has 0 fully saturated rings. The molecule has 0 saturated heterocycles. The Bertz CT molecular complexity index is 455. The Hall–Kier alpha value is -1.07.